The van der Waals surface area contributed by atoms with E-state index in [-0.39, 0.29) is 0 Å². The van der Waals surface area contributed by atoms with Gasteiger partial charge in [0.1, 0.15) is 0 Å². The van der Waals surface area contributed by atoms with Gasteiger partial charge in [-0.1, -0.05) is 50.6 Å². The maximum Gasteiger partial charge on any atom is 0.0799 e. The molecule has 1 aromatic rings. The van der Waals surface area contributed by atoms with Gasteiger partial charge in [0, 0.05) is 13.1 Å². The Balaban J connectivity index is 2.04. The summed E-state index contributed by atoms with van der Waals surface area (Å²) >= 11 is 0. The first-order valence-electron chi connectivity index (χ1n) is 7.63. The Kier molecular flexibility index (Phi) is 5.00. The Hall–Kier alpha value is -0.860. The summed E-state index contributed by atoms with van der Waals surface area (Å²) in [7, 11) is 0. The number of β-amino-alcohol motifs (C(OH)–C–C–N with tert-alkyl or cyclic N) is 1. The van der Waals surface area contributed by atoms with Crippen molar-refractivity contribution in [2.75, 3.05) is 13.1 Å². The maximum atomic E-state index is 10.9. The van der Waals surface area contributed by atoms with Crippen molar-refractivity contribution in [1.29, 1.82) is 0 Å². The predicted molar refractivity (Wildman–Crippen MR) is 80.0 cm³/mol. The zero-order chi connectivity index (χ0) is 13.7. The van der Waals surface area contributed by atoms with Crippen LogP contribution < -0.4 is 0 Å². The van der Waals surface area contributed by atoms with Gasteiger partial charge in [0.15, 0.2) is 0 Å². The Morgan fingerprint density at radius 3 is 2.68 bits per heavy atom. The molecule has 1 fully saturated rings. The third-order valence-electron chi connectivity index (χ3n) is 4.61. The van der Waals surface area contributed by atoms with Gasteiger partial charge in [0.05, 0.1) is 5.60 Å². The first kappa shape index (κ1) is 14.5. The molecule has 1 aliphatic heterocycles. The van der Waals surface area contributed by atoms with Gasteiger partial charge in [-0.05, 0) is 37.3 Å². The molecule has 1 heterocycles. The minimum atomic E-state index is -0.500. The number of rotatable bonds is 4. The Labute approximate surface area is 117 Å². The fourth-order valence-electron chi connectivity index (χ4n) is 3.07. The normalized spacial score (nSPS) is 26.9. The highest BCUT2D eigenvalue weighted by molar-refractivity contribution is 5.14. The van der Waals surface area contributed by atoms with Crippen LogP contribution in [0.3, 0.4) is 0 Å². The van der Waals surface area contributed by atoms with Gasteiger partial charge < -0.3 is 5.11 Å². The highest BCUT2D eigenvalue weighted by Crippen LogP contribution is 2.30. The summed E-state index contributed by atoms with van der Waals surface area (Å²) in [6.07, 6.45) is 4.35. The van der Waals surface area contributed by atoms with E-state index in [1.165, 1.54) is 12.0 Å². The molecule has 0 aliphatic carbocycles. The van der Waals surface area contributed by atoms with Gasteiger partial charge in [-0.3, -0.25) is 4.90 Å². The lowest BCUT2D eigenvalue weighted by molar-refractivity contribution is -0.0413. The van der Waals surface area contributed by atoms with Gasteiger partial charge in [0.2, 0.25) is 0 Å². The first-order chi connectivity index (χ1) is 9.14. The van der Waals surface area contributed by atoms with Crippen molar-refractivity contribution in [2.45, 2.75) is 51.7 Å². The summed E-state index contributed by atoms with van der Waals surface area (Å²) in [6.45, 7) is 7.24. The van der Waals surface area contributed by atoms with E-state index in [1.54, 1.807) is 0 Å². The molecule has 2 rings (SSSR count). The average Bonchev–Trinajstić information content (AvgIpc) is 2.61. The van der Waals surface area contributed by atoms with E-state index in [0.717, 1.165) is 38.9 Å². The molecule has 0 saturated carbocycles. The molecule has 106 valence electrons. The molecular formula is C17H27NO. The molecule has 2 atom stereocenters. The summed E-state index contributed by atoms with van der Waals surface area (Å²) in [5.41, 5.74) is 0.843. The summed E-state index contributed by atoms with van der Waals surface area (Å²) in [5.74, 6) is 0.379. The minimum Gasteiger partial charge on any atom is -0.388 e. The van der Waals surface area contributed by atoms with Crippen LogP contribution in [0.1, 0.15) is 45.1 Å². The zero-order valence-electron chi connectivity index (χ0n) is 12.3. The molecule has 0 bridgehead atoms. The van der Waals surface area contributed by atoms with Gasteiger partial charge >= 0.3 is 0 Å². The Bertz CT molecular complexity index is 378. The summed E-state index contributed by atoms with van der Waals surface area (Å²) < 4.78 is 0. The number of hydrogen-bond acceptors (Lipinski definition) is 2. The second-order valence-electron chi connectivity index (χ2n) is 6.07. The van der Waals surface area contributed by atoms with Crippen LogP contribution in [0.2, 0.25) is 0 Å². The largest absolute Gasteiger partial charge is 0.388 e. The summed E-state index contributed by atoms with van der Waals surface area (Å²) in [4.78, 5) is 2.43. The molecule has 1 N–H and O–H groups in total. The van der Waals surface area contributed by atoms with Crippen LogP contribution in [0.4, 0.5) is 0 Å². The molecule has 2 unspecified atom stereocenters. The molecular weight excluding hydrogens is 234 g/mol. The molecule has 19 heavy (non-hydrogen) atoms. The average molecular weight is 261 g/mol. The van der Waals surface area contributed by atoms with E-state index in [9.17, 15) is 5.11 Å². The van der Waals surface area contributed by atoms with Gasteiger partial charge in [-0.25, -0.2) is 0 Å². The van der Waals surface area contributed by atoms with E-state index in [4.69, 9.17) is 0 Å². The Morgan fingerprint density at radius 2 is 2.00 bits per heavy atom. The van der Waals surface area contributed by atoms with Crippen molar-refractivity contribution in [3.8, 4) is 0 Å². The van der Waals surface area contributed by atoms with Crippen molar-refractivity contribution >= 4 is 0 Å². The summed E-state index contributed by atoms with van der Waals surface area (Å²) in [6, 6.07) is 10.6. The number of benzene rings is 1. The van der Waals surface area contributed by atoms with Crippen LogP contribution in [-0.2, 0) is 6.54 Å². The van der Waals surface area contributed by atoms with Gasteiger partial charge in [0.25, 0.3) is 0 Å². The van der Waals surface area contributed by atoms with Crippen LogP contribution in [0.25, 0.3) is 0 Å². The van der Waals surface area contributed by atoms with Crippen LogP contribution >= 0.6 is 0 Å². The van der Waals surface area contributed by atoms with E-state index in [1.807, 2.05) is 0 Å². The molecule has 1 saturated heterocycles. The van der Waals surface area contributed by atoms with E-state index in [2.05, 4.69) is 49.1 Å². The molecule has 1 aliphatic rings. The van der Waals surface area contributed by atoms with Crippen molar-refractivity contribution in [3.05, 3.63) is 35.9 Å². The molecule has 0 amide bonds. The quantitative estimate of drug-likeness (QED) is 0.897. The van der Waals surface area contributed by atoms with E-state index in [0.29, 0.717) is 5.92 Å². The second-order valence-corrected chi connectivity index (χ2v) is 6.07. The number of hydrogen-bond donors (Lipinski definition) is 1. The van der Waals surface area contributed by atoms with Gasteiger partial charge in [-0.15, -0.1) is 0 Å². The standard InChI is InChI=1S/C17H27NO/c1-3-15(2)17(19)11-7-8-12-18(14-17)13-16-9-5-4-6-10-16/h4-6,9-10,15,19H,3,7-8,11-14H2,1-2H3. The molecule has 2 nitrogen and oxygen atoms in total. The highest BCUT2D eigenvalue weighted by Gasteiger charge is 2.35. The van der Waals surface area contributed by atoms with Crippen molar-refractivity contribution in [2.24, 2.45) is 5.92 Å². The molecule has 1 aromatic carbocycles. The maximum absolute atomic E-state index is 10.9. The Morgan fingerprint density at radius 1 is 1.26 bits per heavy atom. The number of likely N-dealkylation sites (tertiary alicyclic amines) is 1. The SMILES string of the molecule is CCC(C)C1(O)CCCCN(Cc2ccccc2)C1. The van der Waals surface area contributed by atoms with E-state index >= 15 is 0 Å². The predicted octanol–water partition coefficient (Wildman–Crippen LogP) is 3.45. The topological polar surface area (TPSA) is 23.5 Å². The van der Waals surface area contributed by atoms with Crippen LogP contribution in [0, 0.1) is 5.92 Å². The van der Waals surface area contributed by atoms with Crippen molar-refractivity contribution in [1.82, 2.24) is 4.90 Å². The van der Waals surface area contributed by atoms with E-state index < -0.39 is 5.60 Å². The fourth-order valence-corrected chi connectivity index (χ4v) is 3.07. The first-order valence-corrected chi connectivity index (χ1v) is 7.63. The van der Waals surface area contributed by atoms with Crippen LogP contribution in [0.5, 0.6) is 0 Å². The second kappa shape index (κ2) is 6.53. The van der Waals surface area contributed by atoms with Crippen LogP contribution in [0.15, 0.2) is 30.3 Å². The lowest BCUT2D eigenvalue weighted by Gasteiger charge is -2.36. The number of aliphatic hydroxyl groups is 1. The zero-order valence-corrected chi connectivity index (χ0v) is 12.3. The molecule has 2 heteroatoms. The molecule has 0 aromatic heterocycles. The van der Waals surface area contributed by atoms with Crippen molar-refractivity contribution in [3.63, 3.8) is 0 Å². The summed E-state index contributed by atoms with van der Waals surface area (Å²) in [5, 5.41) is 10.9. The monoisotopic (exact) mass is 261 g/mol. The van der Waals surface area contributed by atoms with Crippen LogP contribution in [-0.4, -0.2) is 28.7 Å². The smallest absolute Gasteiger partial charge is 0.0799 e. The lowest BCUT2D eigenvalue weighted by Crippen LogP contribution is -2.46. The fraction of sp³-hybridized carbons (Fsp3) is 0.647. The van der Waals surface area contributed by atoms with Crippen molar-refractivity contribution < 1.29 is 5.11 Å². The highest BCUT2D eigenvalue weighted by atomic mass is 16.3. The number of nitrogens with zero attached hydrogens (tertiary/aromatic N) is 1. The van der Waals surface area contributed by atoms with Gasteiger partial charge in [-0.2, -0.15) is 0 Å². The lowest BCUT2D eigenvalue weighted by atomic mass is 9.83. The minimum absolute atomic E-state index is 0.379. The third kappa shape index (κ3) is 3.80. The molecule has 0 spiro atoms. The molecule has 0 radical (unpaired) electrons. The third-order valence-corrected chi connectivity index (χ3v) is 4.61.